The van der Waals surface area contributed by atoms with E-state index in [2.05, 4.69) is 5.32 Å². The van der Waals surface area contributed by atoms with E-state index in [1.807, 2.05) is 19.2 Å². The fourth-order valence-corrected chi connectivity index (χ4v) is 1.17. The van der Waals surface area contributed by atoms with Crippen molar-refractivity contribution in [1.29, 1.82) is 0 Å². The lowest BCUT2D eigenvalue weighted by atomic mass is 10.2. The Bertz CT molecular complexity index is 321. The summed E-state index contributed by atoms with van der Waals surface area (Å²) in [6.45, 7) is 1.78. The molecular weight excluding hydrogens is 194 g/mol. The van der Waals surface area contributed by atoms with E-state index in [0.29, 0.717) is 12.2 Å². The molecule has 1 atom stereocenters. The van der Waals surface area contributed by atoms with Gasteiger partial charge in [0.2, 0.25) is 0 Å². The van der Waals surface area contributed by atoms with Crippen molar-refractivity contribution >= 4 is 11.7 Å². The van der Waals surface area contributed by atoms with Gasteiger partial charge in [0.25, 0.3) is 0 Å². The molecular formula is C11H15NO3. The summed E-state index contributed by atoms with van der Waals surface area (Å²) in [6.07, 6.45) is -0.325. The molecule has 82 valence electrons. The normalized spacial score (nSPS) is 11.9. The average Bonchev–Trinajstić information content (AvgIpc) is 2.26. The van der Waals surface area contributed by atoms with Crippen molar-refractivity contribution in [3.63, 3.8) is 0 Å². The SMILES string of the molecule is CCC(Oc1ccc(NC)cc1)C(=O)O. The third kappa shape index (κ3) is 3.16. The molecule has 0 amide bonds. The van der Waals surface area contributed by atoms with Gasteiger partial charge in [0.05, 0.1) is 0 Å². The second-order valence-corrected chi connectivity index (χ2v) is 3.13. The molecule has 0 radical (unpaired) electrons. The fourth-order valence-electron chi connectivity index (χ4n) is 1.17. The molecule has 1 aromatic rings. The van der Waals surface area contributed by atoms with Crippen molar-refractivity contribution in [2.45, 2.75) is 19.4 Å². The standard InChI is InChI=1S/C11H15NO3/c1-3-10(11(13)14)15-9-6-4-8(12-2)5-7-9/h4-7,10,12H,3H2,1-2H3,(H,13,14). The van der Waals surface area contributed by atoms with Gasteiger partial charge in [-0.25, -0.2) is 4.79 Å². The van der Waals surface area contributed by atoms with Gasteiger partial charge in [-0.1, -0.05) is 6.92 Å². The Kier molecular flexibility index (Phi) is 3.97. The third-order valence-electron chi connectivity index (χ3n) is 2.07. The zero-order chi connectivity index (χ0) is 11.3. The first-order valence-corrected chi connectivity index (χ1v) is 4.84. The van der Waals surface area contributed by atoms with Gasteiger partial charge in [-0.2, -0.15) is 0 Å². The number of ether oxygens (including phenoxy) is 1. The number of hydrogen-bond donors (Lipinski definition) is 2. The van der Waals surface area contributed by atoms with E-state index in [4.69, 9.17) is 9.84 Å². The first kappa shape index (κ1) is 11.4. The van der Waals surface area contributed by atoms with Gasteiger partial charge in [-0.05, 0) is 30.7 Å². The molecule has 0 aliphatic heterocycles. The van der Waals surface area contributed by atoms with Crippen molar-refractivity contribution in [3.05, 3.63) is 24.3 Å². The molecule has 0 saturated carbocycles. The fraction of sp³-hybridized carbons (Fsp3) is 0.364. The molecule has 1 aromatic carbocycles. The van der Waals surface area contributed by atoms with Gasteiger partial charge in [-0.15, -0.1) is 0 Å². The van der Waals surface area contributed by atoms with Crippen LogP contribution in [-0.2, 0) is 4.79 Å². The van der Waals surface area contributed by atoms with Crippen LogP contribution in [0.5, 0.6) is 5.75 Å². The van der Waals surface area contributed by atoms with E-state index in [-0.39, 0.29) is 0 Å². The molecule has 0 aliphatic carbocycles. The maximum Gasteiger partial charge on any atom is 0.344 e. The van der Waals surface area contributed by atoms with Gasteiger partial charge in [0, 0.05) is 12.7 Å². The second kappa shape index (κ2) is 5.24. The molecule has 0 saturated heterocycles. The molecule has 2 N–H and O–H groups in total. The van der Waals surface area contributed by atoms with Crippen LogP contribution in [0.1, 0.15) is 13.3 Å². The summed E-state index contributed by atoms with van der Waals surface area (Å²) in [4.78, 5) is 10.7. The Balaban J connectivity index is 2.67. The summed E-state index contributed by atoms with van der Waals surface area (Å²) in [5, 5.41) is 11.8. The van der Waals surface area contributed by atoms with E-state index in [1.54, 1.807) is 19.1 Å². The minimum absolute atomic E-state index is 0.448. The van der Waals surface area contributed by atoms with E-state index >= 15 is 0 Å². The van der Waals surface area contributed by atoms with Crippen molar-refractivity contribution in [3.8, 4) is 5.75 Å². The lowest BCUT2D eigenvalue weighted by Gasteiger charge is -2.13. The molecule has 0 bridgehead atoms. The monoisotopic (exact) mass is 209 g/mol. The molecule has 0 fully saturated rings. The Morgan fingerprint density at radius 3 is 2.47 bits per heavy atom. The number of rotatable bonds is 5. The lowest BCUT2D eigenvalue weighted by molar-refractivity contribution is -0.145. The van der Waals surface area contributed by atoms with Gasteiger partial charge in [-0.3, -0.25) is 0 Å². The highest BCUT2D eigenvalue weighted by Crippen LogP contribution is 2.17. The second-order valence-electron chi connectivity index (χ2n) is 3.13. The van der Waals surface area contributed by atoms with Crippen LogP contribution < -0.4 is 10.1 Å². The molecule has 4 nitrogen and oxygen atoms in total. The van der Waals surface area contributed by atoms with Crippen LogP contribution in [0.3, 0.4) is 0 Å². The van der Waals surface area contributed by atoms with Gasteiger partial charge in [0.1, 0.15) is 5.75 Å². The zero-order valence-electron chi connectivity index (χ0n) is 8.86. The maximum atomic E-state index is 10.7. The minimum Gasteiger partial charge on any atom is -0.479 e. The van der Waals surface area contributed by atoms with E-state index in [1.165, 1.54) is 0 Å². The Morgan fingerprint density at radius 2 is 2.07 bits per heavy atom. The molecule has 4 heteroatoms. The van der Waals surface area contributed by atoms with E-state index < -0.39 is 12.1 Å². The topological polar surface area (TPSA) is 58.6 Å². The van der Waals surface area contributed by atoms with Crippen LogP contribution in [-0.4, -0.2) is 24.2 Å². The molecule has 0 spiro atoms. The number of anilines is 1. The van der Waals surface area contributed by atoms with Crippen LogP contribution in [0.2, 0.25) is 0 Å². The number of carbonyl (C=O) groups is 1. The predicted octanol–water partition coefficient (Wildman–Crippen LogP) is 1.97. The molecule has 0 aromatic heterocycles. The molecule has 0 heterocycles. The summed E-state index contributed by atoms with van der Waals surface area (Å²) < 4.78 is 5.30. The maximum absolute atomic E-state index is 10.7. The Labute approximate surface area is 88.9 Å². The number of carboxylic acid groups (broad SMARTS) is 1. The first-order valence-electron chi connectivity index (χ1n) is 4.84. The smallest absolute Gasteiger partial charge is 0.344 e. The van der Waals surface area contributed by atoms with Crippen molar-refractivity contribution in [2.75, 3.05) is 12.4 Å². The van der Waals surface area contributed by atoms with Crippen LogP contribution in [0, 0.1) is 0 Å². The zero-order valence-corrected chi connectivity index (χ0v) is 8.86. The minimum atomic E-state index is -0.935. The quantitative estimate of drug-likeness (QED) is 0.778. The molecule has 0 aliphatic rings. The van der Waals surface area contributed by atoms with Crippen molar-refractivity contribution in [1.82, 2.24) is 0 Å². The van der Waals surface area contributed by atoms with Crippen LogP contribution in [0.4, 0.5) is 5.69 Å². The molecule has 15 heavy (non-hydrogen) atoms. The number of nitrogens with one attached hydrogen (secondary N) is 1. The van der Waals surface area contributed by atoms with E-state index in [9.17, 15) is 4.79 Å². The van der Waals surface area contributed by atoms with E-state index in [0.717, 1.165) is 5.69 Å². The van der Waals surface area contributed by atoms with Crippen molar-refractivity contribution in [2.24, 2.45) is 0 Å². The Morgan fingerprint density at radius 1 is 1.47 bits per heavy atom. The summed E-state index contributed by atoms with van der Waals surface area (Å²) >= 11 is 0. The highest BCUT2D eigenvalue weighted by atomic mass is 16.5. The van der Waals surface area contributed by atoms with Gasteiger partial charge in [0.15, 0.2) is 6.10 Å². The lowest BCUT2D eigenvalue weighted by Crippen LogP contribution is -2.25. The van der Waals surface area contributed by atoms with Gasteiger partial charge >= 0.3 is 5.97 Å². The predicted molar refractivity (Wildman–Crippen MR) is 58.3 cm³/mol. The number of benzene rings is 1. The average molecular weight is 209 g/mol. The first-order chi connectivity index (χ1) is 7.17. The summed E-state index contributed by atoms with van der Waals surface area (Å²) in [5.74, 6) is -0.363. The van der Waals surface area contributed by atoms with Crippen LogP contribution >= 0.6 is 0 Å². The Hall–Kier alpha value is -1.71. The molecule has 1 rings (SSSR count). The van der Waals surface area contributed by atoms with Crippen molar-refractivity contribution < 1.29 is 14.6 Å². The summed E-state index contributed by atoms with van der Waals surface area (Å²) in [5.41, 5.74) is 0.964. The number of hydrogen-bond acceptors (Lipinski definition) is 3. The largest absolute Gasteiger partial charge is 0.479 e. The number of carboxylic acids is 1. The molecule has 1 unspecified atom stereocenters. The highest BCUT2D eigenvalue weighted by Gasteiger charge is 2.16. The van der Waals surface area contributed by atoms with Gasteiger partial charge < -0.3 is 15.2 Å². The van der Waals surface area contributed by atoms with Crippen LogP contribution in [0.15, 0.2) is 24.3 Å². The summed E-state index contributed by atoms with van der Waals surface area (Å²) in [7, 11) is 1.82. The highest BCUT2D eigenvalue weighted by molar-refractivity contribution is 5.72. The summed E-state index contributed by atoms with van der Waals surface area (Å²) in [6, 6.07) is 7.17. The number of aliphatic carboxylic acids is 1. The third-order valence-corrected chi connectivity index (χ3v) is 2.07. The van der Waals surface area contributed by atoms with Crippen LogP contribution in [0.25, 0.3) is 0 Å².